The molecule has 1 aromatic carbocycles. The Hall–Kier alpha value is -0.755. The summed E-state index contributed by atoms with van der Waals surface area (Å²) in [6.07, 6.45) is 0. The summed E-state index contributed by atoms with van der Waals surface area (Å²) >= 11 is 0. The first-order valence-electron chi connectivity index (χ1n) is 8.57. The van der Waals surface area contributed by atoms with E-state index in [2.05, 4.69) is 4.72 Å². The summed E-state index contributed by atoms with van der Waals surface area (Å²) in [6, 6.07) is 4.58. The lowest BCUT2D eigenvalue weighted by molar-refractivity contribution is 0.00578. The minimum atomic E-state index is -1.27. The van der Waals surface area contributed by atoms with Gasteiger partial charge in [-0.1, -0.05) is 12.1 Å². The molecule has 1 N–H and O–H groups in total. The van der Waals surface area contributed by atoms with E-state index in [-0.39, 0.29) is 11.9 Å². The molecule has 0 saturated carbocycles. The number of rotatable bonds is 4. The normalized spacial score (nSPS) is 22.0. The summed E-state index contributed by atoms with van der Waals surface area (Å²) in [5.74, 6) is -0.363. The molecule has 140 valence electrons. The molecular weight excluding hydrogens is 340 g/mol. The van der Waals surface area contributed by atoms with Gasteiger partial charge in [-0.25, -0.2) is 13.3 Å². The van der Waals surface area contributed by atoms with E-state index >= 15 is 0 Å². The van der Waals surface area contributed by atoms with Crippen molar-refractivity contribution >= 4 is 23.6 Å². The van der Waals surface area contributed by atoms with Gasteiger partial charge < -0.3 is 9.31 Å². The average Bonchev–Trinajstić information content (AvgIpc) is 2.66. The van der Waals surface area contributed by atoms with Gasteiger partial charge in [-0.05, 0) is 66.9 Å². The van der Waals surface area contributed by atoms with Gasteiger partial charge in [-0.2, -0.15) is 0 Å². The molecule has 0 bridgehead atoms. The monoisotopic (exact) mass is 369 g/mol. The zero-order valence-corrected chi connectivity index (χ0v) is 17.2. The minimum Gasteiger partial charge on any atom is -0.399 e. The summed E-state index contributed by atoms with van der Waals surface area (Å²) < 4.78 is 41.3. The average molecular weight is 369 g/mol. The fourth-order valence-corrected chi connectivity index (χ4v) is 3.22. The van der Waals surface area contributed by atoms with Crippen LogP contribution in [0.4, 0.5) is 4.39 Å². The van der Waals surface area contributed by atoms with Gasteiger partial charge in [-0.3, -0.25) is 0 Å². The van der Waals surface area contributed by atoms with Gasteiger partial charge in [0.05, 0.1) is 26.9 Å². The first-order valence-corrected chi connectivity index (χ1v) is 9.72. The number of nitrogens with one attached hydrogen (secondary N) is 1. The highest BCUT2D eigenvalue weighted by molar-refractivity contribution is 7.84. The van der Waals surface area contributed by atoms with Gasteiger partial charge in [0, 0.05) is 11.6 Å². The van der Waals surface area contributed by atoms with E-state index in [1.165, 1.54) is 6.07 Å². The molecule has 1 fully saturated rings. The number of hydrogen-bond donors (Lipinski definition) is 1. The largest absolute Gasteiger partial charge is 0.494 e. The molecule has 1 heterocycles. The zero-order valence-electron chi connectivity index (χ0n) is 16.4. The highest BCUT2D eigenvalue weighted by Crippen LogP contribution is 2.36. The van der Waals surface area contributed by atoms with Crippen LogP contribution in [0.25, 0.3) is 0 Å². The smallest absolute Gasteiger partial charge is 0.399 e. The molecule has 0 unspecified atom stereocenters. The molecule has 0 radical (unpaired) electrons. The Morgan fingerprint density at radius 2 is 1.68 bits per heavy atom. The third-order valence-corrected chi connectivity index (χ3v) is 6.54. The Balaban J connectivity index is 2.18. The van der Waals surface area contributed by atoms with E-state index in [0.29, 0.717) is 11.0 Å². The predicted octanol–water partition coefficient (Wildman–Crippen LogP) is 3.24. The Morgan fingerprint density at radius 1 is 1.16 bits per heavy atom. The predicted molar refractivity (Wildman–Crippen MR) is 102 cm³/mol. The lowest BCUT2D eigenvalue weighted by Crippen LogP contribution is -2.41. The highest BCUT2D eigenvalue weighted by Gasteiger charge is 2.51. The topological polar surface area (TPSA) is 47.6 Å². The Bertz CT molecular complexity index is 657. The molecule has 0 aliphatic carbocycles. The summed E-state index contributed by atoms with van der Waals surface area (Å²) in [5.41, 5.74) is 0.179. The van der Waals surface area contributed by atoms with Crippen molar-refractivity contribution in [1.82, 2.24) is 4.72 Å². The van der Waals surface area contributed by atoms with Crippen LogP contribution >= 0.6 is 0 Å². The van der Waals surface area contributed by atoms with E-state index in [1.54, 1.807) is 19.1 Å². The Morgan fingerprint density at radius 3 is 2.12 bits per heavy atom. The van der Waals surface area contributed by atoms with Crippen LogP contribution in [0.1, 0.15) is 67.0 Å². The van der Waals surface area contributed by atoms with Crippen molar-refractivity contribution < 1.29 is 17.9 Å². The fourth-order valence-electron chi connectivity index (χ4n) is 2.42. The maximum absolute atomic E-state index is 14.6. The van der Waals surface area contributed by atoms with Crippen LogP contribution in [0.2, 0.25) is 0 Å². The second-order valence-electron chi connectivity index (χ2n) is 8.59. The van der Waals surface area contributed by atoms with Crippen LogP contribution in [0, 0.1) is 5.82 Å². The van der Waals surface area contributed by atoms with Crippen LogP contribution in [0.5, 0.6) is 0 Å². The number of hydrogen-bond acceptors (Lipinski definition) is 3. The van der Waals surface area contributed by atoms with Crippen LogP contribution in [0.3, 0.4) is 0 Å². The first kappa shape index (κ1) is 20.6. The lowest BCUT2D eigenvalue weighted by Gasteiger charge is -2.32. The molecule has 1 aromatic rings. The Labute approximate surface area is 153 Å². The lowest BCUT2D eigenvalue weighted by atomic mass is 9.78. The molecule has 0 spiro atoms. The highest BCUT2D eigenvalue weighted by atomic mass is 32.2. The minimum absolute atomic E-state index is 0.363. The second kappa shape index (κ2) is 6.76. The molecule has 0 amide bonds. The first-order chi connectivity index (χ1) is 11.2. The van der Waals surface area contributed by atoms with Gasteiger partial charge >= 0.3 is 7.12 Å². The molecule has 1 saturated heterocycles. The fraction of sp³-hybridized carbons (Fsp3) is 0.667. The molecule has 2 rings (SSSR count). The summed E-state index contributed by atoms with van der Waals surface area (Å²) in [7, 11) is -1.87. The quantitative estimate of drug-likeness (QED) is 0.829. The summed E-state index contributed by atoms with van der Waals surface area (Å²) in [4.78, 5) is 0. The van der Waals surface area contributed by atoms with E-state index < -0.39 is 34.1 Å². The molecule has 25 heavy (non-hydrogen) atoms. The summed E-state index contributed by atoms with van der Waals surface area (Å²) in [6.45, 7) is 15.3. The molecule has 1 aliphatic heterocycles. The number of halogens is 1. The van der Waals surface area contributed by atoms with Crippen molar-refractivity contribution in [2.24, 2.45) is 0 Å². The van der Waals surface area contributed by atoms with Crippen molar-refractivity contribution in [1.29, 1.82) is 0 Å². The van der Waals surface area contributed by atoms with Gasteiger partial charge in [0.2, 0.25) is 0 Å². The third-order valence-electron chi connectivity index (χ3n) is 4.86. The van der Waals surface area contributed by atoms with Crippen LogP contribution in [-0.2, 0) is 20.3 Å². The maximum atomic E-state index is 14.6. The van der Waals surface area contributed by atoms with Crippen molar-refractivity contribution in [3.8, 4) is 0 Å². The van der Waals surface area contributed by atoms with Gasteiger partial charge in [0.1, 0.15) is 5.82 Å². The summed E-state index contributed by atoms with van der Waals surface area (Å²) in [5, 5.41) is 0. The van der Waals surface area contributed by atoms with Gasteiger partial charge in [-0.15, -0.1) is 0 Å². The molecule has 4 nitrogen and oxygen atoms in total. The molecule has 1 aliphatic rings. The van der Waals surface area contributed by atoms with Crippen molar-refractivity contribution in [2.75, 3.05) is 0 Å². The van der Waals surface area contributed by atoms with E-state index in [1.807, 2.05) is 48.5 Å². The molecular formula is C18H29BFNO3S. The standard InChI is InChI=1S/C18H29BFNO3S/c1-12(21-25(22)16(2,3)4)14-10-9-13(11-15(14)20)19-23-17(5,6)18(7,8)24-19/h9-12,21H,1-8H3/t12-,25-/m0/s1. The van der Waals surface area contributed by atoms with E-state index in [4.69, 9.17) is 9.31 Å². The molecule has 0 aromatic heterocycles. The Kier molecular flexibility index (Phi) is 5.56. The van der Waals surface area contributed by atoms with Crippen molar-refractivity contribution in [3.05, 3.63) is 29.6 Å². The van der Waals surface area contributed by atoms with Crippen molar-refractivity contribution in [2.45, 2.75) is 77.4 Å². The van der Waals surface area contributed by atoms with Gasteiger partial charge in [0.25, 0.3) is 0 Å². The van der Waals surface area contributed by atoms with E-state index in [0.717, 1.165) is 0 Å². The molecule has 7 heteroatoms. The molecule has 2 atom stereocenters. The van der Waals surface area contributed by atoms with Crippen LogP contribution in [0.15, 0.2) is 18.2 Å². The van der Waals surface area contributed by atoms with Gasteiger partial charge in [0.15, 0.2) is 0 Å². The van der Waals surface area contributed by atoms with E-state index in [9.17, 15) is 8.60 Å². The maximum Gasteiger partial charge on any atom is 0.494 e. The van der Waals surface area contributed by atoms with Crippen molar-refractivity contribution in [3.63, 3.8) is 0 Å². The second-order valence-corrected chi connectivity index (χ2v) is 10.6. The van der Waals surface area contributed by atoms with Crippen LogP contribution < -0.4 is 10.2 Å². The van der Waals surface area contributed by atoms with Crippen LogP contribution in [-0.4, -0.2) is 27.3 Å². The zero-order chi connectivity index (χ0) is 19.2. The third kappa shape index (κ3) is 4.33. The number of benzene rings is 1. The SMILES string of the molecule is C[C@H](N[S@@](=O)C(C)(C)C)c1ccc(B2OC(C)(C)C(C)(C)O2)cc1F.